The van der Waals surface area contributed by atoms with Crippen molar-refractivity contribution in [2.24, 2.45) is 5.41 Å². The molecule has 0 unspecified atom stereocenters. The van der Waals surface area contributed by atoms with Gasteiger partial charge >= 0.3 is 0 Å². The molecule has 2 heterocycles. The highest BCUT2D eigenvalue weighted by Crippen LogP contribution is 2.47. The Morgan fingerprint density at radius 2 is 2.00 bits per heavy atom. The van der Waals surface area contributed by atoms with Crippen LogP contribution in [0.5, 0.6) is 0 Å². The van der Waals surface area contributed by atoms with E-state index in [1.165, 1.54) is 6.07 Å². The van der Waals surface area contributed by atoms with Crippen LogP contribution >= 0.6 is 0 Å². The van der Waals surface area contributed by atoms with E-state index in [1.807, 2.05) is 6.92 Å². The minimum atomic E-state index is -3.59. The van der Waals surface area contributed by atoms with Crippen LogP contribution in [0.4, 0.5) is 0 Å². The lowest BCUT2D eigenvalue weighted by molar-refractivity contribution is -0.0184. The number of hydrogen-bond acceptors (Lipinski definition) is 4. The van der Waals surface area contributed by atoms with Crippen molar-refractivity contribution in [2.45, 2.75) is 50.0 Å². The van der Waals surface area contributed by atoms with Gasteiger partial charge in [-0.15, -0.1) is 0 Å². The average Bonchev–Trinajstić information content (AvgIpc) is 3.03. The molecule has 0 radical (unpaired) electrons. The molecule has 1 N–H and O–H groups in total. The molecule has 1 saturated heterocycles. The van der Waals surface area contributed by atoms with Gasteiger partial charge in [-0.25, -0.2) is 8.42 Å². The van der Waals surface area contributed by atoms with Crippen molar-refractivity contribution < 1.29 is 13.2 Å². The van der Waals surface area contributed by atoms with Gasteiger partial charge in [-0.05, 0) is 56.4 Å². The molecule has 0 bridgehead atoms. The lowest BCUT2D eigenvalue weighted by Crippen LogP contribution is -2.49. The molecule has 2 fully saturated rings. The molecular formula is C20H26N2O4S. The summed E-state index contributed by atoms with van der Waals surface area (Å²) in [7, 11) is -1.86. The van der Waals surface area contributed by atoms with E-state index in [2.05, 4.69) is 4.98 Å². The highest BCUT2D eigenvalue weighted by Gasteiger charge is 2.48. The topological polar surface area (TPSA) is 79.5 Å². The van der Waals surface area contributed by atoms with E-state index in [0.717, 1.165) is 43.1 Å². The molecule has 2 atom stereocenters. The lowest BCUT2D eigenvalue weighted by Gasteiger charge is -2.43. The van der Waals surface area contributed by atoms with Crippen LogP contribution in [0, 0.1) is 12.3 Å². The first-order valence-corrected chi connectivity index (χ1v) is 11.0. The number of rotatable bonds is 3. The standard InChI is InChI=1S/C20H26N2O4S/c1-14-11-19(23)21-17-7-6-15(12-16(14)17)27(24,25)22-10-4-9-20(13-22)8-3-5-18(20)26-2/h6-7,11-12,18H,3-5,8-10,13H2,1-2H3,(H,21,23)/t18-,20-/m1/s1. The molecular weight excluding hydrogens is 364 g/mol. The number of aryl methyl sites for hydroxylation is 1. The number of benzene rings is 1. The van der Waals surface area contributed by atoms with Gasteiger partial charge in [-0.3, -0.25) is 4.79 Å². The number of H-pyrrole nitrogens is 1. The monoisotopic (exact) mass is 390 g/mol. The van der Waals surface area contributed by atoms with Gasteiger partial charge in [0.1, 0.15) is 0 Å². The maximum absolute atomic E-state index is 13.4. The zero-order valence-electron chi connectivity index (χ0n) is 15.8. The Hall–Kier alpha value is -1.70. The number of aromatic amines is 1. The first-order chi connectivity index (χ1) is 12.9. The number of pyridine rings is 1. The first kappa shape index (κ1) is 18.7. The lowest BCUT2D eigenvalue weighted by atomic mass is 9.77. The minimum Gasteiger partial charge on any atom is -0.381 e. The summed E-state index contributed by atoms with van der Waals surface area (Å²) < 4.78 is 34.1. The van der Waals surface area contributed by atoms with Crippen molar-refractivity contribution >= 4 is 20.9 Å². The number of aromatic nitrogens is 1. The maximum atomic E-state index is 13.4. The van der Waals surface area contributed by atoms with Crippen molar-refractivity contribution in [3.05, 3.63) is 40.2 Å². The number of nitrogens with one attached hydrogen (secondary N) is 1. The number of ether oxygens (including phenoxy) is 1. The van der Waals surface area contributed by atoms with Crippen LogP contribution in [-0.2, 0) is 14.8 Å². The quantitative estimate of drug-likeness (QED) is 0.874. The Bertz CT molecular complexity index is 1030. The Balaban J connectivity index is 1.71. The molecule has 1 aromatic carbocycles. The number of piperidine rings is 1. The molecule has 1 spiro atoms. The van der Waals surface area contributed by atoms with Crippen molar-refractivity contribution in [3.8, 4) is 0 Å². The second-order valence-corrected chi connectivity index (χ2v) is 9.88. The van der Waals surface area contributed by atoms with Crippen LogP contribution in [0.15, 0.2) is 34.0 Å². The highest BCUT2D eigenvalue weighted by molar-refractivity contribution is 7.89. The second kappa shape index (κ2) is 6.72. The summed E-state index contributed by atoms with van der Waals surface area (Å²) in [6, 6.07) is 6.45. The van der Waals surface area contributed by atoms with E-state index in [4.69, 9.17) is 4.74 Å². The highest BCUT2D eigenvalue weighted by atomic mass is 32.2. The van der Waals surface area contributed by atoms with E-state index in [9.17, 15) is 13.2 Å². The minimum absolute atomic E-state index is 0.0575. The molecule has 2 aliphatic rings. The van der Waals surface area contributed by atoms with E-state index < -0.39 is 10.0 Å². The summed E-state index contributed by atoms with van der Waals surface area (Å²) in [6.45, 7) is 2.89. The molecule has 4 rings (SSSR count). The Labute approximate surface area is 159 Å². The van der Waals surface area contributed by atoms with Crippen molar-refractivity contribution in [3.63, 3.8) is 0 Å². The van der Waals surface area contributed by atoms with E-state index in [1.54, 1.807) is 29.6 Å². The van der Waals surface area contributed by atoms with Crippen LogP contribution in [0.1, 0.15) is 37.7 Å². The second-order valence-electron chi connectivity index (χ2n) is 7.95. The number of fused-ring (bicyclic) bond motifs is 1. The van der Waals surface area contributed by atoms with Gasteiger partial charge in [0.2, 0.25) is 15.6 Å². The largest absolute Gasteiger partial charge is 0.381 e. The van der Waals surface area contributed by atoms with Gasteiger partial charge in [0.25, 0.3) is 0 Å². The summed E-state index contributed by atoms with van der Waals surface area (Å²) in [6.07, 6.45) is 5.14. The third-order valence-corrected chi connectivity index (χ3v) is 8.18. The summed E-state index contributed by atoms with van der Waals surface area (Å²) in [4.78, 5) is 14.7. The fraction of sp³-hybridized carbons (Fsp3) is 0.550. The smallest absolute Gasteiger partial charge is 0.248 e. The Morgan fingerprint density at radius 1 is 1.22 bits per heavy atom. The van der Waals surface area contributed by atoms with Crippen LogP contribution in [0.2, 0.25) is 0 Å². The molecule has 1 saturated carbocycles. The van der Waals surface area contributed by atoms with Gasteiger partial charge in [-0.2, -0.15) is 4.31 Å². The molecule has 7 heteroatoms. The molecule has 27 heavy (non-hydrogen) atoms. The van der Waals surface area contributed by atoms with Gasteiger partial charge in [0.15, 0.2) is 0 Å². The third-order valence-electron chi connectivity index (χ3n) is 6.34. The summed E-state index contributed by atoms with van der Waals surface area (Å²) in [5.41, 5.74) is 1.19. The zero-order valence-corrected chi connectivity index (χ0v) is 16.6. The molecule has 0 amide bonds. The zero-order chi connectivity index (χ0) is 19.2. The van der Waals surface area contributed by atoms with Gasteiger partial charge in [-0.1, -0.05) is 6.42 Å². The van der Waals surface area contributed by atoms with Gasteiger partial charge in [0, 0.05) is 42.6 Å². The number of sulfonamides is 1. The van der Waals surface area contributed by atoms with Crippen molar-refractivity contribution in [2.75, 3.05) is 20.2 Å². The maximum Gasteiger partial charge on any atom is 0.248 e. The van der Waals surface area contributed by atoms with Crippen LogP contribution in [0.3, 0.4) is 0 Å². The first-order valence-electron chi connectivity index (χ1n) is 9.52. The fourth-order valence-corrected chi connectivity index (χ4v) is 6.58. The molecule has 1 aliphatic carbocycles. The molecule has 1 aliphatic heterocycles. The Morgan fingerprint density at radius 3 is 2.78 bits per heavy atom. The molecule has 146 valence electrons. The predicted molar refractivity (Wildman–Crippen MR) is 104 cm³/mol. The molecule has 2 aromatic rings. The van der Waals surface area contributed by atoms with Crippen LogP contribution < -0.4 is 5.56 Å². The van der Waals surface area contributed by atoms with Crippen molar-refractivity contribution in [1.82, 2.24) is 9.29 Å². The molecule has 1 aromatic heterocycles. The molecule has 6 nitrogen and oxygen atoms in total. The van der Waals surface area contributed by atoms with Crippen LogP contribution in [-0.4, -0.2) is 44.0 Å². The van der Waals surface area contributed by atoms with Gasteiger partial charge in [0.05, 0.1) is 11.0 Å². The SMILES string of the molecule is CO[C@@H]1CCC[C@]12CCCN(S(=O)(=O)c1ccc3[nH]c(=O)cc(C)c3c1)C2. The van der Waals surface area contributed by atoms with Gasteiger partial charge < -0.3 is 9.72 Å². The predicted octanol–water partition coefficient (Wildman–Crippen LogP) is 2.81. The summed E-state index contributed by atoms with van der Waals surface area (Å²) >= 11 is 0. The number of hydrogen-bond donors (Lipinski definition) is 1. The number of nitrogens with zero attached hydrogens (tertiary/aromatic N) is 1. The normalized spacial score (nSPS) is 26.8. The van der Waals surface area contributed by atoms with E-state index in [-0.39, 0.29) is 22.0 Å². The summed E-state index contributed by atoms with van der Waals surface area (Å²) in [5.74, 6) is 0. The van der Waals surface area contributed by atoms with Crippen LogP contribution in [0.25, 0.3) is 10.9 Å². The number of methoxy groups -OCH3 is 1. The fourth-order valence-electron chi connectivity index (χ4n) is 4.97. The van der Waals surface area contributed by atoms with E-state index in [0.29, 0.717) is 18.6 Å². The van der Waals surface area contributed by atoms with E-state index >= 15 is 0 Å². The third kappa shape index (κ3) is 3.11. The van der Waals surface area contributed by atoms with Crippen molar-refractivity contribution in [1.29, 1.82) is 0 Å². The average molecular weight is 391 g/mol. The Kier molecular flexibility index (Phi) is 4.64. The summed E-state index contributed by atoms with van der Waals surface area (Å²) in [5, 5.41) is 0.762.